The van der Waals surface area contributed by atoms with Crippen LogP contribution >= 0.6 is 0 Å². The number of rotatable bonds is 9. The van der Waals surface area contributed by atoms with Crippen LogP contribution in [0.15, 0.2) is 42.6 Å². The molecule has 3 amide bonds. The smallest absolute Gasteiger partial charge is 0.352 e. The fourth-order valence-corrected chi connectivity index (χ4v) is 4.75. The van der Waals surface area contributed by atoms with Gasteiger partial charge in [-0.1, -0.05) is 12.1 Å². The summed E-state index contributed by atoms with van der Waals surface area (Å²) in [4.78, 5) is 42.3. The van der Waals surface area contributed by atoms with E-state index < -0.39 is 23.6 Å². The maximum atomic E-state index is 12.9. The number of hydrogen-bond acceptors (Lipinski definition) is 5. The average molecular weight is 546 g/mol. The number of nitrogens with one attached hydrogen (secondary N) is 3. The van der Waals surface area contributed by atoms with Crippen molar-refractivity contribution in [3.8, 4) is 0 Å². The van der Waals surface area contributed by atoms with Gasteiger partial charge >= 0.3 is 6.18 Å². The summed E-state index contributed by atoms with van der Waals surface area (Å²) in [6, 6.07) is 7.36. The number of halogens is 3. The second kappa shape index (κ2) is 12.9. The Bertz CT molecular complexity index is 1190. The number of hydrogen-bond donors (Lipinski definition) is 3. The highest BCUT2D eigenvalue weighted by Gasteiger charge is 2.31. The molecule has 210 valence electrons. The summed E-state index contributed by atoms with van der Waals surface area (Å²) >= 11 is 0. The number of aromatic nitrogens is 1. The molecule has 3 rings (SSSR count). The van der Waals surface area contributed by atoms with Gasteiger partial charge in [0.25, 0.3) is 11.8 Å². The first-order valence-electron chi connectivity index (χ1n) is 12.8. The van der Waals surface area contributed by atoms with Crippen LogP contribution in [0.2, 0.25) is 0 Å². The molecule has 0 aliphatic heterocycles. The van der Waals surface area contributed by atoms with Crippen molar-refractivity contribution in [1.29, 1.82) is 5.41 Å². The van der Waals surface area contributed by atoms with Crippen molar-refractivity contribution < 1.29 is 27.6 Å². The minimum atomic E-state index is -4.57. The largest absolute Gasteiger partial charge is 0.416 e. The lowest BCUT2D eigenvalue weighted by atomic mass is 9.76. The number of amides is 3. The zero-order valence-electron chi connectivity index (χ0n) is 22.3. The van der Waals surface area contributed by atoms with E-state index in [0.29, 0.717) is 23.7 Å². The Morgan fingerprint density at radius 3 is 2.38 bits per heavy atom. The third-order valence-corrected chi connectivity index (χ3v) is 6.90. The molecular weight excluding hydrogens is 511 g/mol. The van der Waals surface area contributed by atoms with Crippen molar-refractivity contribution >= 4 is 23.4 Å². The minimum Gasteiger partial charge on any atom is -0.352 e. The van der Waals surface area contributed by atoms with Crippen LogP contribution in [-0.2, 0) is 11.0 Å². The zero-order chi connectivity index (χ0) is 28.7. The fourth-order valence-electron chi connectivity index (χ4n) is 4.75. The van der Waals surface area contributed by atoms with Crippen LogP contribution in [0.25, 0.3) is 0 Å². The van der Waals surface area contributed by atoms with Crippen molar-refractivity contribution in [2.45, 2.75) is 57.2 Å². The Morgan fingerprint density at radius 1 is 1.10 bits per heavy atom. The van der Waals surface area contributed by atoms with E-state index >= 15 is 0 Å². The van der Waals surface area contributed by atoms with Crippen LogP contribution in [0.4, 0.5) is 13.2 Å². The number of carbonyl (C=O) groups is 3. The maximum absolute atomic E-state index is 12.9. The molecule has 1 aliphatic rings. The van der Waals surface area contributed by atoms with E-state index in [9.17, 15) is 27.6 Å². The van der Waals surface area contributed by atoms with Gasteiger partial charge in [-0.2, -0.15) is 13.2 Å². The summed E-state index contributed by atoms with van der Waals surface area (Å²) in [6.07, 6.45) is 1.05. The van der Waals surface area contributed by atoms with Crippen LogP contribution in [-0.4, -0.2) is 60.0 Å². The SMILES string of the molecule is C[C@H](CC(=N)C1CCC(c2ccc(C(=O)N(C)C)nc2)CC1)NC(=O)CNC(=O)c1cccc(C(F)(F)F)c1. The Labute approximate surface area is 225 Å². The van der Waals surface area contributed by atoms with Crippen molar-refractivity contribution in [2.24, 2.45) is 5.92 Å². The molecule has 1 saturated carbocycles. The van der Waals surface area contributed by atoms with Gasteiger partial charge in [-0.3, -0.25) is 19.4 Å². The van der Waals surface area contributed by atoms with E-state index in [0.717, 1.165) is 49.4 Å². The topological polar surface area (TPSA) is 115 Å². The fraction of sp³-hybridized carbons (Fsp3) is 0.464. The Morgan fingerprint density at radius 2 is 1.79 bits per heavy atom. The first-order chi connectivity index (χ1) is 18.3. The predicted octanol–water partition coefficient (Wildman–Crippen LogP) is 4.42. The van der Waals surface area contributed by atoms with Crippen molar-refractivity contribution in [1.82, 2.24) is 20.5 Å². The van der Waals surface area contributed by atoms with Crippen LogP contribution < -0.4 is 10.6 Å². The number of carbonyl (C=O) groups excluding carboxylic acids is 3. The average Bonchev–Trinajstić information content (AvgIpc) is 2.91. The number of benzene rings is 1. The molecule has 0 radical (unpaired) electrons. The molecule has 0 unspecified atom stereocenters. The molecule has 1 aromatic carbocycles. The quantitative estimate of drug-likeness (QED) is 0.405. The first kappa shape index (κ1) is 29.8. The zero-order valence-corrected chi connectivity index (χ0v) is 22.3. The minimum absolute atomic E-state index is 0.115. The van der Waals surface area contributed by atoms with Gasteiger partial charge in [0.15, 0.2) is 0 Å². The van der Waals surface area contributed by atoms with E-state index in [4.69, 9.17) is 5.41 Å². The first-order valence-corrected chi connectivity index (χ1v) is 12.8. The number of alkyl halides is 3. The molecular formula is C28H34F3N5O3. The predicted molar refractivity (Wildman–Crippen MR) is 141 cm³/mol. The van der Waals surface area contributed by atoms with Crippen LogP contribution in [0.5, 0.6) is 0 Å². The second-order valence-corrected chi connectivity index (χ2v) is 10.2. The van der Waals surface area contributed by atoms with Gasteiger partial charge in [-0.15, -0.1) is 0 Å². The van der Waals surface area contributed by atoms with Crippen LogP contribution in [0.3, 0.4) is 0 Å². The van der Waals surface area contributed by atoms with Gasteiger partial charge in [-0.05, 0) is 74.3 Å². The van der Waals surface area contributed by atoms with Crippen LogP contribution in [0.1, 0.15) is 76.9 Å². The number of pyridine rings is 1. The lowest BCUT2D eigenvalue weighted by Crippen LogP contribution is -2.42. The molecule has 1 aromatic heterocycles. The van der Waals surface area contributed by atoms with Crippen molar-refractivity contribution in [3.63, 3.8) is 0 Å². The highest BCUT2D eigenvalue weighted by atomic mass is 19.4. The maximum Gasteiger partial charge on any atom is 0.416 e. The summed E-state index contributed by atoms with van der Waals surface area (Å²) in [5, 5.41) is 13.6. The van der Waals surface area contributed by atoms with Gasteiger partial charge in [0.1, 0.15) is 5.69 Å². The number of nitrogens with zero attached hydrogens (tertiary/aromatic N) is 2. The highest BCUT2D eigenvalue weighted by Crippen LogP contribution is 2.36. The normalized spacial score (nSPS) is 18.1. The standard InChI is InChI=1S/C28H34F3N5O3/c1-17(35-25(37)16-34-26(38)20-5-4-6-22(14-20)28(29,30)31)13-23(32)19-9-7-18(8-10-19)21-11-12-24(33-15-21)27(39)36(2)3/h4-6,11-12,14-15,17-19,32H,7-10,13,16H2,1-3H3,(H,34,38)(H,35,37)/t17-,18?,19?/m1/s1. The van der Waals surface area contributed by atoms with Crippen molar-refractivity contribution in [3.05, 3.63) is 65.0 Å². The lowest BCUT2D eigenvalue weighted by molar-refractivity contribution is -0.137. The molecule has 1 aliphatic carbocycles. The molecule has 1 atom stereocenters. The molecule has 0 spiro atoms. The van der Waals surface area contributed by atoms with E-state index in [1.807, 2.05) is 6.07 Å². The van der Waals surface area contributed by atoms with E-state index in [1.54, 1.807) is 33.3 Å². The molecule has 1 fully saturated rings. The molecule has 3 N–H and O–H groups in total. The lowest BCUT2D eigenvalue weighted by Gasteiger charge is -2.30. The Hall–Kier alpha value is -3.76. The van der Waals surface area contributed by atoms with Crippen molar-refractivity contribution in [2.75, 3.05) is 20.6 Å². The second-order valence-electron chi connectivity index (χ2n) is 10.2. The monoisotopic (exact) mass is 545 g/mol. The van der Waals surface area contributed by atoms with E-state index in [1.165, 1.54) is 11.0 Å². The van der Waals surface area contributed by atoms with Gasteiger partial charge < -0.3 is 20.9 Å². The Balaban J connectivity index is 1.41. The van der Waals surface area contributed by atoms with Gasteiger partial charge in [0.2, 0.25) is 5.91 Å². The Kier molecular flexibility index (Phi) is 9.82. The van der Waals surface area contributed by atoms with Gasteiger partial charge in [-0.25, -0.2) is 0 Å². The summed E-state index contributed by atoms with van der Waals surface area (Å²) in [5.41, 5.74) is 0.927. The summed E-state index contributed by atoms with van der Waals surface area (Å²) < 4.78 is 38.6. The molecule has 11 heteroatoms. The summed E-state index contributed by atoms with van der Waals surface area (Å²) in [7, 11) is 3.37. The van der Waals surface area contributed by atoms with E-state index in [-0.39, 0.29) is 30.0 Å². The van der Waals surface area contributed by atoms with Gasteiger partial charge in [0.05, 0.1) is 12.1 Å². The summed E-state index contributed by atoms with van der Waals surface area (Å²) in [5.74, 6) is -0.963. The summed E-state index contributed by atoms with van der Waals surface area (Å²) in [6.45, 7) is 1.39. The molecule has 0 bridgehead atoms. The molecule has 2 aromatic rings. The van der Waals surface area contributed by atoms with Gasteiger partial charge in [0, 0.05) is 44.0 Å². The molecule has 1 heterocycles. The third kappa shape index (κ3) is 8.36. The molecule has 8 nitrogen and oxygen atoms in total. The molecule has 0 saturated heterocycles. The molecule has 39 heavy (non-hydrogen) atoms. The van der Waals surface area contributed by atoms with Crippen LogP contribution in [0, 0.1) is 11.3 Å². The van der Waals surface area contributed by atoms with E-state index in [2.05, 4.69) is 15.6 Å². The highest BCUT2D eigenvalue weighted by molar-refractivity contribution is 5.96. The third-order valence-electron chi connectivity index (χ3n) is 6.90.